The lowest BCUT2D eigenvalue weighted by Crippen LogP contribution is -2.32. The molecule has 0 saturated carbocycles. The minimum atomic E-state index is -0.209. The largest absolute Gasteiger partial charge is 0.324 e. The van der Waals surface area contributed by atoms with E-state index >= 15 is 0 Å². The van der Waals surface area contributed by atoms with Gasteiger partial charge in [-0.25, -0.2) is 4.98 Å². The molecule has 1 aromatic heterocycles. The van der Waals surface area contributed by atoms with Crippen LogP contribution in [0.3, 0.4) is 0 Å². The molecule has 1 aromatic carbocycles. The Bertz CT molecular complexity index is 793. The predicted molar refractivity (Wildman–Crippen MR) is 85.1 cm³/mol. The summed E-state index contributed by atoms with van der Waals surface area (Å²) in [5, 5.41) is 2.85. The minimum Gasteiger partial charge on any atom is -0.324 e. The molecular weight excluding hydrogens is 278 g/mol. The number of fused-ring (bicyclic) bond motifs is 1. The van der Waals surface area contributed by atoms with E-state index in [1.807, 2.05) is 31.2 Å². The molecule has 0 spiro atoms. The Kier molecular flexibility index (Phi) is 3.79. The van der Waals surface area contributed by atoms with Crippen LogP contribution in [0.4, 0.5) is 5.69 Å². The molecule has 2 aromatic rings. The van der Waals surface area contributed by atoms with Crippen LogP contribution in [0.1, 0.15) is 29.1 Å². The molecule has 0 saturated heterocycles. The molecule has 114 valence electrons. The Balaban J connectivity index is 1.83. The lowest BCUT2D eigenvalue weighted by molar-refractivity contribution is -0.116. The predicted octanol–water partition coefficient (Wildman–Crippen LogP) is 1.99. The second-order valence-electron chi connectivity index (χ2n) is 5.69. The Morgan fingerprint density at radius 1 is 1.27 bits per heavy atom. The zero-order valence-corrected chi connectivity index (χ0v) is 12.8. The lowest BCUT2D eigenvalue weighted by Gasteiger charge is -2.12. The van der Waals surface area contributed by atoms with Crippen molar-refractivity contribution >= 4 is 11.6 Å². The first-order chi connectivity index (χ1) is 10.6. The van der Waals surface area contributed by atoms with Crippen molar-refractivity contribution in [2.75, 3.05) is 5.32 Å². The first-order valence-electron chi connectivity index (χ1n) is 7.51. The molecule has 0 unspecified atom stereocenters. The first kappa shape index (κ1) is 14.5. The van der Waals surface area contributed by atoms with E-state index < -0.39 is 0 Å². The van der Waals surface area contributed by atoms with Gasteiger partial charge in [-0.1, -0.05) is 18.2 Å². The van der Waals surface area contributed by atoms with Gasteiger partial charge in [0.2, 0.25) is 5.91 Å². The average Bonchev–Trinajstić information content (AvgIpc) is 2.94. The van der Waals surface area contributed by atoms with E-state index in [2.05, 4.69) is 10.3 Å². The highest BCUT2D eigenvalue weighted by molar-refractivity contribution is 5.91. The van der Waals surface area contributed by atoms with E-state index in [0.29, 0.717) is 5.82 Å². The van der Waals surface area contributed by atoms with Gasteiger partial charge in [-0.3, -0.25) is 14.2 Å². The summed E-state index contributed by atoms with van der Waals surface area (Å²) in [6.07, 6.45) is 2.60. The fourth-order valence-electron chi connectivity index (χ4n) is 2.88. The standard InChI is InChI=1S/C17H19N3O2/c1-11-6-3-4-8-14(11)19-16(21)10-20-12(2)18-15-9-5-7-13(15)17(20)22/h3-4,6,8H,5,7,9-10H2,1-2H3,(H,19,21). The van der Waals surface area contributed by atoms with Gasteiger partial charge in [0.25, 0.3) is 5.56 Å². The van der Waals surface area contributed by atoms with Crippen molar-refractivity contribution < 1.29 is 4.79 Å². The van der Waals surface area contributed by atoms with Gasteiger partial charge in [-0.15, -0.1) is 0 Å². The number of carbonyl (C=O) groups excluding carboxylic acids is 1. The lowest BCUT2D eigenvalue weighted by atomic mass is 10.2. The summed E-state index contributed by atoms with van der Waals surface area (Å²) in [5.41, 5.74) is 3.37. The van der Waals surface area contributed by atoms with Crippen molar-refractivity contribution in [2.24, 2.45) is 0 Å². The highest BCUT2D eigenvalue weighted by atomic mass is 16.2. The van der Waals surface area contributed by atoms with Crippen LogP contribution in [-0.4, -0.2) is 15.5 Å². The SMILES string of the molecule is Cc1ccccc1NC(=O)Cn1c(C)nc2c(c1=O)CCC2. The maximum atomic E-state index is 12.5. The number of para-hydroxylation sites is 1. The molecule has 22 heavy (non-hydrogen) atoms. The fraction of sp³-hybridized carbons (Fsp3) is 0.353. The van der Waals surface area contributed by atoms with Crippen molar-refractivity contribution in [1.29, 1.82) is 0 Å². The number of aryl methyl sites for hydroxylation is 3. The number of nitrogens with zero attached hydrogens (tertiary/aromatic N) is 2. The van der Waals surface area contributed by atoms with Crippen LogP contribution in [0.25, 0.3) is 0 Å². The Labute approximate surface area is 129 Å². The molecule has 0 radical (unpaired) electrons. The molecule has 0 bridgehead atoms. The molecule has 1 aliphatic carbocycles. The third-order valence-corrected chi connectivity index (χ3v) is 4.10. The van der Waals surface area contributed by atoms with Gasteiger partial charge in [-0.2, -0.15) is 0 Å². The van der Waals surface area contributed by atoms with E-state index in [0.717, 1.165) is 41.8 Å². The molecule has 5 nitrogen and oxygen atoms in total. The number of rotatable bonds is 3. The third-order valence-electron chi connectivity index (χ3n) is 4.10. The van der Waals surface area contributed by atoms with Crippen LogP contribution >= 0.6 is 0 Å². The molecule has 3 rings (SSSR count). The van der Waals surface area contributed by atoms with E-state index in [-0.39, 0.29) is 18.0 Å². The van der Waals surface area contributed by atoms with Crippen LogP contribution < -0.4 is 10.9 Å². The minimum absolute atomic E-state index is 0.000713. The Morgan fingerprint density at radius 2 is 2.05 bits per heavy atom. The van der Waals surface area contributed by atoms with Crippen LogP contribution in [0.15, 0.2) is 29.1 Å². The zero-order valence-electron chi connectivity index (χ0n) is 12.8. The highest BCUT2D eigenvalue weighted by Gasteiger charge is 2.20. The Morgan fingerprint density at radius 3 is 2.82 bits per heavy atom. The molecular formula is C17H19N3O2. The zero-order chi connectivity index (χ0) is 15.7. The normalized spacial score (nSPS) is 13.0. The maximum absolute atomic E-state index is 12.5. The topological polar surface area (TPSA) is 64.0 Å². The van der Waals surface area contributed by atoms with E-state index in [1.54, 1.807) is 6.92 Å². The van der Waals surface area contributed by atoms with E-state index in [4.69, 9.17) is 0 Å². The number of benzene rings is 1. The number of aromatic nitrogens is 2. The number of anilines is 1. The van der Waals surface area contributed by atoms with Gasteiger partial charge in [0, 0.05) is 11.3 Å². The number of amides is 1. The molecule has 5 heteroatoms. The van der Waals surface area contributed by atoms with Gasteiger partial charge in [0.15, 0.2) is 0 Å². The summed E-state index contributed by atoms with van der Waals surface area (Å²) >= 11 is 0. The van der Waals surface area contributed by atoms with Crippen molar-refractivity contribution in [3.8, 4) is 0 Å². The van der Waals surface area contributed by atoms with Crippen molar-refractivity contribution in [3.63, 3.8) is 0 Å². The summed E-state index contributed by atoms with van der Waals surface area (Å²) in [6, 6.07) is 7.58. The van der Waals surface area contributed by atoms with Crippen molar-refractivity contribution in [3.05, 3.63) is 57.3 Å². The van der Waals surface area contributed by atoms with Gasteiger partial charge in [-0.05, 0) is 44.7 Å². The van der Waals surface area contributed by atoms with Crippen molar-refractivity contribution in [1.82, 2.24) is 9.55 Å². The van der Waals surface area contributed by atoms with Crippen molar-refractivity contribution in [2.45, 2.75) is 39.7 Å². The van der Waals surface area contributed by atoms with E-state index in [1.165, 1.54) is 4.57 Å². The van der Waals surface area contributed by atoms with Gasteiger partial charge in [0.05, 0.1) is 5.69 Å². The summed E-state index contributed by atoms with van der Waals surface area (Å²) in [4.78, 5) is 29.2. The molecule has 1 heterocycles. The second-order valence-corrected chi connectivity index (χ2v) is 5.69. The summed E-state index contributed by atoms with van der Waals surface area (Å²) < 4.78 is 1.47. The number of hydrogen-bond donors (Lipinski definition) is 1. The second kappa shape index (κ2) is 5.75. The monoisotopic (exact) mass is 297 g/mol. The fourth-order valence-corrected chi connectivity index (χ4v) is 2.88. The third kappa shape index (κ3) is 2.66. The van der Waals surface area contributed by atoms with Crippen LogP contribution in [0.2, 0.25) is 0 Å². The number of hydrogen-bond acceptors (Lipinski definition) is 3. The van der Waals surface area contributed by atoms with Gasteiger partial charge < -0.3 is 5.32 Å². The quantitative estimate of drug-likeness (QED) is 0.942. The number of carbonyl (C=O) groups is 1. The molecule has 1 amide bonds. The molecule has 0 fully saturated rings. The number of nitrogens with one attached hydrogen (secondary N) is 1. The molecule has 0 atom stereocenters. The average molecular weight is 297 g/mol. The summed E-state index contributed by atoms with van der Waals surface area (Å²) in [5.74, 6) is 0.393. The smallest absolute Gasteiger partial charge is 0.257 e. The Hall–Kier alpha value is -2.43. The van der Waals surface area contributed by atoms with E-state index in [9.17, 15) is 9.59 Å². The van der Waals surface area contributed by atoms with Crippen LogP contribution in [0.5, 0.6) is 0 Å². The molecule has 1 aliphatic rings. The van der Waals surface area contributed by atoms with Gasteiger partial charge in [0.1, 0.15) is 12.4 Å². The van der Waals surface area contributed by atoms with Crippen LogP contribution in [0, 0.1) is 13.8 Å². The maximum Gasteiger partial charge on any atom is 0.257 e. The highest BCUT2D eigenvalue weighted by Crippen LogP contribution is 2.17. The summed E-state index contributed by atoms with van der Waals surface area (Å²) in [6.45, 7) is 3.71. The molecule has 1 N–H and O–H groups in total. The van der Waals surface area contributed by atoms with Crippen LogP contribution in [-0.2, 0) is 24.2 Å². The summed E-state index contributed by atoms with van der Waals surface area (Å²) in [7, 11) is 0. The first-order valence-corrected chi connectivity index (χ1v) is 7.51. The molecule has 0 aliphatic heterocycles. The van der Waals surface area contributed by atoms with Gasteiger partial charge >= 0.3 is 0 Å².